The van der Waals surface area contributed by atoms with E-state index in [1.54, 1.807) is 19.2 Å². The molecule has 10 heteroatoms. The van der Waals surface area contributed by atoms with Gasteiger partial charge in [-0.25, -0.2) is 21.5 Å². The Morgan fingerprint density at radius 1 is 1.04 bits per heavy atom. The highest BCUT2D eigenvalue weighted by atomic mass is 127. The van der Waals surface area contributed by atoms with Gasteiger partial charge < -0.3 is 10.6 Å². The van der Waals surface area contributed by atoms with Crippen LogP contribution in [0.25, 0.3) is 0 Å². The normalized spacial score (nSPS) is 11.9. The van der Waals surface area contributed by atoms with E-state index in [9.17, 15) is 17.2 Å². The second-order valence-electron chi connectivity index (χ2n) is 5.95. The first kappa shape index (κ1) is 24.2. The molecular formula is C18H23F2IN4O2S. The van der Waals surface area contributed by atoms with Gasteiger partial charge in [-0.2, -0.15) is 0 Å². The summed E-state index contributed by atoms with van der Waals surface area (Å²) in [4.78, 5) is 4.23. The summed E-state index contributed by atoms with van der Waals surface area (Å²) in [7, 11) is 1.04. The zero-order valence-corrected chi connectivity index (χ0v) is 18.9. The zero-order chi connectivity index (χ0) is 20.0. The van der Waals surface area contributed by atoms with Crippen molar-refractivity contribution in [1.82, 2.24) is 14.9 Å². The minimum atomic E-state index is -3.47. The molecule has 6 nitrogen and oxygen atoms in total. The van der Waals surface area contributed by atoms with Crippen LogP contribution in [0, 0.1) is 11.6 Å². The Morgan fingerprint density at radius 3 is 2.21 bits per heavy atom. The molecule has 2 aromatic rings. The molecule has 0 amide bonds. The Bertz CT molecular complexity index is 920. The quantitative estimate of drug-likeness (QED) is 0.347. The molecule has 2 N–H and O–H groups in total. The number of nitrogens with one attached hydrogen (secondary N) is 2. The van der Waals surface area contributed by atoms with Crippen LogP contribution in [0.2, 0.25) is 0 Å². The number of rotatable bonds is 6. The molecule has 0 saturated heterocycles. The number of benzene rings is 2. The second-order valence-corrected chi connectivity index (χ2v) is 8.10. The minimum Gasteiger partial charge on any atom is -0.352 e. The number of hydrogen-bond acceptors (Lipinski definition) is 3. The predicted molar refractivity (Wildman–Crippen MR) is 116 cm³/mol. The number of nitrogens with zero attached hydrogens (tertiary/aromatic N) is 2. The topological polar surface area (TPSA) is 73.8 Å². The van der Waals surface area contributed by atoms with E-state index in [1.807, 2.05) is 0 Å². The van der Waals surface area contributed by atoms with Gasteiger partial charge in [0.15, 0.2) is 5.96 Å². The maximum Gasteiger partial charge on any atom is 0.242 e. The third kappa shape index (κ3) is 6.38. The molecule has 2 rings (SSSR count). The summed E-state index contributed by atoms with van der Waals surface area (Å²) in [5.74, 6) is -0.607. The fourth-order valence-corrected chi connectivity index (χ4v) is 3.16. The molecule has 0 atom stereocenters. The van der Waals surface area contributed by atoms with Gasteiger partial charge >= 0.3 is 0 Å². The van der Waals surface area contributed by atoms with Crippen LogP contribution in [0.15, 0.2) is 52.4 Å². The molecular weight excluding hydrogens is 501 g/mol. The van der Waals surface area contributed by atoms with Gasteiger partial charge in [0.25, 0.3) is 0 Å². The van der Waals surface area contributed by atoms with Crippen molar-refractivity contribution in [2.24, 2.45) is 4.99 Å². The van der Waals surface area contributed by atoms with Gasteiger partial charge in [-0.15, -0.1) is 24.0 Å². The van der Waals surface area contributed by atoms with Gasteiger partial charge in [-0.05, 0) is 35.9 Å². The molecule has 0 spiro atoms. The molecule has 0 aromatic heterocycles. The van der Waals surface area contributed by atoms with Crippen LogP contribution in [0.1, 0.15) is 11.1 Å². The second kappa shape index (κ2) is 10.7. The Morgan fingerprint density at radius 2 is 1.64 bits per heavy atom. The molecule has 0 bridgehead atoms. The van der Waals surface area contributed by atoms with E-state index in [-0.39, 0.29) is 41.0 Å². The van der Waals surface area contributed by atoms with E-state index in [1.165, 1.54) is 26.2 Å². The maximum absolute atomic E-state index is 13.6. The Labute approximate surface area is 181 Å². The van der Waals surface area contributed by atoms with E-state index < -0.39 is 21.7 Å². The Balaban J connectivity index is 0.00000392. The smallest absolute Gasteiger partial charge is 0.242 e. The van der Waals surface area contributed by atoms with Crippen molar-refractivity contribution in [3.05, 3.63) is 65.2 Å². The van der Waals surface area contributed by atoms with Crippen LogP contribution in [0.4, 0.5) is 8.78 Å². The highest BCUT2D eigenvalue weighted by Crippen LogP contribution is 2.14. The van der Waals surface area contributed by atoms with Crippen molar-refractivity contribution in [1.29, 1.82) is 0 Å². The largest absolute Gasteiger partial charge is 0.352 e. The lowest BCUT2D eigenvalue weighted by Gasteiger charge is -2.14. The number of hydrogen-bond donors (Lipinski definition) is 2. The van der Waals surface area contributed by atoms with Gasteiger partial charge in [0.05, 0.1) is 4.90 Å². The predicted octanol–water partition coefficient (Wildman–Crippen LogP) is 2.70. The lowest BCUT2D eigenvalue weighted by molar-refractivity contribution is 0.520. The molecule has 2 aromatic carbocycles. The molecule has 0 radical (unpaired) electrons. The molecule has 0 saturated carbocycles. The molecule has 0 aliphatic carbocycles. The molecule has 28 heavy (non-hydrogen) atoms. The summed E-state index contributed by atoms with van der Waals surface area (Å²) in [5.41, 5.74) is 1.03. The average Bonchev–Trinajstić information content (AvgIpc) is 2.64. The van der Waals surface area contributed by atoms with Gasteiger partial charge in [0.1, 0.15) is 11.6 Å². The van der Waals surface area contributed by atoms with Crippen LogP contribution >= 0.6 is 24.0 Å². The van der Waals surface area contributed by atoms with Crippen molar-refractivity contribution in [3.63, 3.8) is 0 Å². The fraction of sp³-hybridized carbons (Fsp3) is 0.278. The monoisotopic (exact) mass is 524 g/mol. The first-order valence-electron chi connectivity index (χ1n) is 8.14. The fourth-order valence-electron chi connectivity index (χ4n) is 2.25. The SMILES string of the molecule is CN=C(NCc1ccc(S(=O)(=O)N(C)C)cc1)NCc1cc(F)ccc1F.I. The first-order valence-corrected chi connectivity index (χ1v) is 9.58. The van der Waals surface area contributed by atoms with E-state index in [0.29, 0.717) is 12.5 Å². The standard InChI is InChI=1S/C18H22F2N4O2S.HI/c1-21-18(23-12-14-10-15(19)6-9-17(14)20)22-11-13-4-7-16(8-5-13)27(25,26)24(2)3;/h4-10H,11-12H2,1-3H3,(H2,21,22,23);1H. The van der Waals surface area contributed by atoms with Gasteiger partial charge in [-0.1, -0.05) is 12.1 Å². The van der Waals surface area contributed by atoms with Crippen molar-refractivity contribution in [3.8, 4) is 0 Å². The summed E-state index contributed by atoms with van der Waals surface area (Å²) in [5, 5.41) is 5.94. The number of guanidine groups is 1. The Kier molecular flexibility index (Phi) is 9.24. The van der Waals surface area contributed by atoms with Crippen LogP contribution < -0.4 is 10.6 Å². The van der Waals surface area contributed by atoms with Crippen molar-refractivity contribution < 1.29 is 17.2 Å². The molecule has 0 heterocycles. The van der Waals surface area contributed by atoms with Crippen molar-refractivity contribution in [2.75, 3.05) is 21.1 Å². The average molecular weight is 524 g/mol. The highest BCUT2D eigenvalue weighted by molar-refractivity contribution is 14.0. The number of halogens is 3. The summed E-state index contributed by atoms with van der Waals surface area (Å²) in [6, 6.07) is 9.72. The third-order valence-electron chi connectivity index (χ3n) is 3.84. The first-order chi connectivity index (χ1) is 12.7. The summed E-state index contributed by atoms with van der Waals surface area (Å²) >= 11 is 0. The maximum atomic E-state index is 13.6. The van der Waals surface area contributed by atoms with Crippen LogP contribution in [0.5, 0.6) is 0 Å². The van der Waals surface area contributed by atoms with Gasteiger partial charge in [0.2, 0.25) is 10.0 Å². The summed E-state index contributed by atoms with van der Waals surface area (Å²) in [6.07, 6.45) is 0. The number of aliphatic imine (C=N–C) groups is 1. The van der Waals surface area contributed by atoms with E-state index in [4.69, 9.17) is 0 Å². The van der Waals surface area contributed by atoms with E-state index in [0.717, 1.165) is 28.1 Å². The lowest BCUT2D eigenvalue weighted by Crippen LogP contribution is -2.36. The van der Waals surface area contributed by atoms with Crippen molar-refractivity contribution >= 4 is 40.0 Å². The molecule has 154 valence electrons. The van der Waals surface area contributed by atoms with E-state index >= 15 is 0 Å². The van der Waals surface area contributed by atoms with Crippen molar-refractivity contribution in [2.45, 2.75) is 18.0 Å². The van der Waals surface area contributed by atoms with E-state index in [2.05, 4.69) is 15.6 Å². The minimum absolute atomic E-state index is 0. The molecule has 0 unspecified atom stereocenters. The highest BCUT2D eigenvalue weighted by Gasteiger charge is 2.16. The molecule has 0 aliphatic heterocycles. The van der Waals surface area contributed by atoms with Gasteiger partial charge in [0, 0.05) is 39.8 Å². The Hall–Kier alpha value is -1.79. The van der Waals surface area contributed by atoms with Crippen LogP contribution in [0.3, 0.4) is 0 Å². The summed E-state index contributed by atoms with van der Waals surface area (Å²) < 4.78 is 52.1. The third-order valence-corrected chi connectivity index (χ3v) is 5.67. The molecule has 0 fully saturated rings. The van der Waals surface area contributed by atoms with Crippen LogP contribution in [-0.4, -0.2) is 39.8 Å². The summed E-state index contributed by atoms with van der Waals surface area (Å²) in [6.45, 7) is 0.455. The zero-order valence-electron chi connectivity index (χ0n) is 15.7. The number of sulfonamides is 1. The lowest BCUT2D eigenvalue weighted by atomic mass is 10.2. The molecule has 0 aliphatic rings. The van der Waals surface area contributed by atoms with Crippen LogP contribution in [-0.2, 0) is 23.1 Å². The van der Waals surface area contributed by atoms with Gasteiger partial charge in [-0.3, -0.25) is 4.99 Å².